The van der Waals surface area contributed by atoms with Crippen LogP contribution >= 0.6 is 23.2 Å². The molecule has 15 heavy (non-hydrogen) atoms. The molecule has 0 radical (unpaired) electrons. The summed E-state index contributed by atoms with van der Waals surface area (Å²) in [4.78, 5) is 3.89. The maximum absolute atomic E-state index is 6.00. The summed E-state index contributed by atoms with van der Waals surface area (Å²) in [6.45, 7) is 0.587. The van der Waals surface area contributed by atoms with Crippen molar-refractivity contribution in [1.82, 2.24) is 0 Å². The largest absolute Gasteiger partial charge is 0.370 e. The maximum atomic E-state index is 6.00. The molecule has 0 saturated heterocycles. The second-order valence-corrected chi connectivity index (χ2v) is 3.92. The van der Waals surface area contributed by atoms with E-state index in [1.54, 1.807) is 0 Å². The molecule has 0 amide bonds. The smallest absolute Gasteiger partial charge is 0.185 e. The van der Waals surface area contributed by atoms with E-state index in [0.29, 0.717) is 16.6 Å². The predicted molar refractivity (Wildman–Crippen MR) is 65.5 cm³/mol. The van der Waals surface area contributed by atoms with Crippen molar-refractivity contribution in [2.24, 2.45) is 16.5 Å². The zero-order chi connectivity index (χ0) is 11.3. The number of hydrogen-bond acceptors (Lipinski definition) is 1. The minimum absolute atomic E-state index is 0.111. The molecule has 0 aliphatic heterocycles. The average Bonchev–Trinajstić information content (AvgIpc) is 2.15. The standard InChI is InChI=1S/C10H13Cl2N3/c11-8-4-1-5-9(12)7(8)3-2-6-15-10(13)14/h1,4-5H,2-3,6H2,(H4,13,14,15). The zero-order valence-electron chi connectivity index (χ0n) is 8.21. The molecule has 3 nitrogen and oxygen atoms in total. The number of hydrogen-bond donors (Lipinski definition) is 2. The summed E-state index contributed by atoms with van der Waals surface area (Å²) in [5.74, 6) is 0.111. The first-order valence-electron chi connectivity index (χ1n) is 4.59. The van der Waals surface area contributed by atoms with Crippen LogP contribution in [0.15, 0.2) is 23.2 Å². The third kappa shape index (κ3) is 3.98. The van der Waals surface area contributed by atoms with Crippen LogP contribution in [-0.2, 0) is 6.42 Å². The van der Waals surface area contributed by atoms with E-state index >= 15 is 0 Å². The topological polar surface area (TPSA) is 64.4 Å². The highest BCUT2D eigenvalue weighted by Crippen LogP contribution is 2.25. The van der Waals surface area contributed by atoms with Gasteiger partial charge < -0.3 is 11.5 Å². The summed E-state index contributed by atoms with van der Waals surface area (Å²) in [7, 11) is 0. The highest BCUT2D eigenvalue weighted by atomic mass is 35.5. The highest BCUT2D eigenvalue weighted by molar-refractivity contribution is 6.35. The van der Waals surface area contributed by atoms with E-state index in [2.05, 4.69) is 4.99 Å². The fourth-order valence-electron chi connectivity index (χ4n) is 1.24. The molecule has 0 atom stereocenters. The molecule has 0 aromatic heterocycles. The molecule has 0 aliphatic carbocycles. The molecule has 1 aromatic rings. The summed E-state index contributed by atoms with van der Waals surface area (Å²) in [6.07, 6.45) is 1.59. The molecule has 1 aromatic carbocycles. The van der Waals surface area contributed by atoms with Gasteiger partial charge in [-0.3, -0.25) is 4.99 Å². The normalized spacial score (nSPS) is 10.0. The van der Waals surface area contributed by atoms with Crippen molar-refractivity contribution >= 4 is 29.2 Å². The van der Waals surface area contributed by atoms with Gasteiger partial charge in [-0.15, -0.1) is 0 Å². The Kier molecular flexibility index (Phi) is 4.72. The summed E-state index contributed by atoms with van der Waals surface area (Å²) < 4.78 is 0. The van der Waals surface area contributed by atoms with Gasteiger partial charge in [0.15, 0.2) is 5.96 Å². The first kappa shape index (κ1) is 12.1. The number of nitrogens with two attached hydrogens (primary N) is 2. The zero-order valence-corrected chi connectivity index (χ0v) is 9.72. The molecule has 0 unspecified atom stereocenters. The van der Waals surface area contributed by atoms with Crippen molar-refractivity contribution < 1.29 is 0 Å². The summed E-state index contributed by atoms with van der Waals surface area (Å²) in [5, 5.41) is 1.37. The van der Waals surface area contributed by atoms with Crippen LogP contribution in [0.2, 0.25) is 10.0 Å². The van der Waals surface area contributed by atoms with Crippen LogP contribution in [0.5, 0.6) is 0 Å². The molecule has 0 saturated carbocycles. The van der Waals surface area contributed by atoms with Gasteiger partial charge in [0.2, 0.25) is 0 Å². The predicted octanol–water partition coefficient (Wildman–Crippen LogP) is 2.20. The van der Waals surface area contributed by atoms with Crippen molar-refractivity contribution in [2.75, 3.05) is 6.54 Å². The number of benzene rings is 1. The van der Waals surface area contributed by atoms with Crippen molar-refractivity contribution in [3.05, 3.63) is 33.8 Å². The minimum atomic E-state index is 0.111. The molecular formula is C10H13Cl2N3. The minimum Gasteiger partial charge on any atom is -0.370 e. The summed E-state index contributed by atoms with van der Waals surface area (Å²) >= 11 is 12.0. The van der Waals surface area contributed by atoms with Gasteiger partial charge in [-0.1, -0.05) is 29.3 Å². The van der Waals surface area contributed by atoms with Gasteiger partial charge in [-0.05, 0) is 30.5 Å². The fraction of sp³-hybridized carbons (Fsp3) is 0.300. The Morgan fingerprint density at radius 3 is 2.33 bits per heavy atom. The lowest BCUT2D eigenvalue weighted by Gasteiger charge is -2.05. The Hall–Kier alpha value is -0.930. The summed E-state index contributed by atoms with van der Waals surface area (Å²) in [6, 6.07) is 5.47. The quantitative estimate of drug-likeness (QED) is 0.486. The van der Waals surface area contributed by atoms with Gasteiger partial charge in [0.1, 0.15) is 0 Å². The first-order chi connectivity index (χ1) is 7.11. The monoisotopic (exact) mass is 245 g/mol. The van der Waals surface area contributed by atoms with E-state index in [9.17, 15) is 0 Å². The number of aliphatic imine (C=N–C) groups is 1. The molecule has 1 rings (SSSR count). The van der Waals surface area contributed by atoms with E-state index in [0.717, 1.165) is 18.4 Å². The Morgan fingerprint density at radius 1 is 1.20 bits per heavy atom. The SMILES string of the molecule is NC(N)=NCCCc1c(Cl)cccc1Cl. The molecule has 0 heterocycles. The van der Waals surface area contributed by atoms with Crippen LogP contribution in [0.1, 0.15) is 12.0 Å². The molecule has 0 spiro atoms. The number of guanidine groups is 1. The Bertz CT molecular complexity index is 339. The Balaban J connectivity index is 2.54. The van der Waals surface area contributed by atoms with E-state index < -0.39 is 0 Å². The van der Waals surface area contributed by atoms with Gasteiger partial charge in [0.25, 0.3) is 0 Å². The van der Waals surface area contributed by atoms with Crippen LogP contribution in [0, 0.1) is 0 Å². The molecule has 0 fully saturated rings. The average molecular weight is 246 g/mol. The third-order valence-corrected chi connectivity index (χ3v) is 2.65. The number of nitrogens with zero attached hydrogens (tertiary/aromatic N) is 1. The first-order valence-corrected chi connectivity index (χ1v) is 5.35. The van der Waals surface area contributed by atoms with Gasteiger partial charge in [0, 0.05) is 16.6 Å². The summed E-state index contributed by atoms with van der Waals surface area (Å²) in [5.41, 5.74) is 11.4. The van der Waals surface area contributed by atoms with Crippen LogP contribution in [0.3, 0.4) is 0 Å². The number of rotatable bonds is 4. The second kappa shape index (κ2) is 5.83. The molecule has 82 valence electrons. The molecule has 0 aliphatic rings. The van der Waals surface area contributed by atoms with Crippen LogP contribution in [0.25, 0.3) is 0 Å². The maximum Gasteiger partial charge on any atom is 0.185 e. The van der Waals surface area contributed by atoms with Gasteiger partial charge in [-0.25, -0.2) is 0 Å². The highest BCUT2D eigenvalue weighted by Gasteiger charge is 2.04. The van der Waals surface area contributed by atoms with Gasteiger partial charge in [0.05, 0.1) is 0 Å². The van der Waals surface area contributed by atoms with Crippen molar-refractivity contribution in [3.8, 4) is 0 Å². The van der Waals surface area contributed by atoms with E-state index in [1.807, 2.05) is 18.2 Å². The molecular weight excluding hydrogens is 233 g/mol. The second-order valence-electron chi connectivity index (χ2n) is 3.11. The van der Waals surface area contributed by atoms with E-state index in [1.165, 1.54) is 0 Å². The lowest BCUT2D eigenvalue weighted by atomic mass is 10.1. The van der Waals surface area contributed by atoms with Crippen molar-refractivity contribution in [2.45, 2.75) is 12.8 Å². The number of halogens is 2. The van der Waals surface area contributed by atoms with Crippen LogP contribution < -0.4 is 11.5 Å². The molecule has 5 heteroatoms. The van der Waals surface area contributed by atoms with Gasteiger partial charge >= 0.3 is 0 Å². The lowest BCUT2D eigenvalue weighted by molar-refractivity contribution is 0.831. The third-order valence-electron chi connectivity index (χ3n) is 1.94. The Labute approximate surface area is 99.1 Å². The molecule has 4 N–H and O–H groups in total. The van der Waals surface area contributed by atoms with Crippen molar-refractivity contribution in [3.63, 3.8) is 0 Å². The van der Waals surface area contributed by atoms with E-state index in [4.69, 9.17) is 34.7 Å². The fourth-order valence-corrected chi connectivity index (χ4v) is 1.82. The lowest BCUT2D eigenvalue weighted by Crippen LogP contribution is -2.23. The van der Waals surface area contributed by atoms with E-state index in [-0.39, 0.29) is 5.96 Å². The van der Waals surface area contributed by atoms with Gasteiger partial charge in [-0.2, -0.15) is 0 Å². The van der Waals surface area contributed by atoms with Crippen molar-refractivity contribution in [1.29, 1.82) is 0 Å². The molecule has 0 bridgehead atoms. The van der Waals surface area contributed by atoms with Crippen LogP contribution in [-0.4, -0.2) is 12.5 Å². The van der Waals surface area contributed by atoms with Crippen LogP contribution in [0.4, 0.5) is 0 Å². The Morgan fingerprint density at radius 2 is 1.80 bits per heavy atom.